The monoisotopic (exact) mass is 280 g/mol. The zero-order chi connectivity index (χ0) is 8.97. The van der Waals surface area contributed by atoms with Gasteiger partial charge in [0.05, 0.1) is 6.61 Å². The molecule has 0 atom stereocenters. The number of H-pyrrole nitrogens is 1. The van der Waals surface area contributed by atoms with Gasteiger partial charge in [-0.1, -0.05) is 22.6 Å². The highest BCUT2D eigenvalue weighted by atomic mass is 127. The van der Waals surface area contributed by atoms with Crippen molar-refractivity contribution in [3.8, 4) is 0 Å². The molecule has 1 aromatic heterocycles. The zero-order valence-electron chi connectivity index (χ0n) is 6.63. The van der Waals surface area contributed by atoms with E-state index in [1.54, 1.807) is 13.0 Å². The number of hydrogen-bond acceptors (Lipinski definition) is 3. The smallest absolute Gasteiger partial charge is 0.358 e. The van der Waals surface area contributed by atoms with Crippen molar-refractivity contribution in [1.82, 2.24) is 10.2 Å². The molecule has 0 aliphatic heterocycles. The molecule has 0 spiro atoms. The quantitative estimate of drug-likeness (QED) is 0.519. The van der Waals surface area contributed by atoms with Gasteiger partial charge in [0, 0.05) is 10.1 Å². The van der Waals surface area contributed by atoms with Gasteiger partial charge in [0.1, 0.15) is 0 Å². The lowest BCUT2D eigenvalue weighted by Gasteiger charge is -1.94. The molecule has 4 nitrogen and oxygen atoms in total. The predicted octanol–water partition coefficient (Wildman–Crippen LogP) is 1.52. The summed E-state index contributed by atoms with van der Waals surface area (Å²) in [5.74, 6) is -0.371. The molecule has 12 heavy (non-hydrogen) atoms. The number of rotatable bonds is 3. The van der Waals surface area contributed by atoms with E-state index in [0.717, 1.165) is 10.1 Å². The Hall–Kier alpha value is -0.590. The molecule has 0 radical (unpaired) electrons. The van der Waals surface area contributed by atoms with E-state index in [-0.39, 0.29) is 5.97 Å². The Labute approximate surface area is 83.8 Å². The largest absolute Gasteiger partial charge is 0.461 e. The minimum absolute atomic E-state index is 0.350. The Kier molecular flexibility index (Phi) is 3.51. The fraction of sp³-hybridized carbons (Fsp3) is 0.429. The van der Waals surface area contributed by atoms with Gasteiger partial charge in [0.15, 0.2) is 5.69 Å². The van der Waals surface area contributed by atoms with Crippen LogP contribution in [0.4, 0.5) is 0 Å². The van der Waals surface area contributed by atoms with Crippen LogP contribution in [0, 0.1) is 0 Å². The summed E-state index contributed by atoms with van der Waals surface area (Å²) >= 11 is 2.19. The van der Waals surface area contributed by atoms with E-state index in [2.05, 4.69) is 32.8 Å². The van der Waals surface area contributed by atoms with Crippen molar-refractivity contribution in [2.75, 3.05) is 6.61 Å². The minimum atomic E-state index is -0.371. The molecule has 0 aliphatic carbocycles. The third kappa shape index (κ3) is 2.20. The molecule has 0 unspecified atom stereocenters. The molecule has 0 aromatic carbocycles. The van der Waals surface area contributed by atoms with Crippen LogP contribution in [0.25, 0.3) is 0 Å². The second kappa shape index (κ2) is 4.44. The molecule has 0 saturated carbocycles. The third-order valence-corrected chi connectivity index (χ3v) is 2.08. The maximum atomic E-state index is 11.1. The number of nitrogens with one attached hydrogen (secondary N) is 1. The van der Waals surface area contributed by atoms with E-state index >= 15 is 0 Å². The van der Waals surface area contributed by atoms with Crippen molar-refractivity contribution in [2.45, 2.75) is 11.4 Å². The summed E-state index contributed by atoms with van der Waals surface area (Å²) in [6.07, 6.45) is 0. The summed E-state index contributed by atoms with van der Waals surface area (Å²) in [4.78, 5) is 11.1. The first-order chi connectivity index (χ1) is 5.77. The average Bonchev–Trinajstić information content (AvgIpc) is 2.52. The lowest BCUT2D eigenvalue weighted by atomic mass is 10.4. The van der Waals surface area contributed by atoms with Gasteiger partial charge in [-0.05, 0) is 13.0 Å². The van der Waals surface area contributed by atoms with Crippen LogP contribution in [0.1, 0.15) is 23.1 Å². The average molecular weight is 280 g/mol. The fourth-order valence-corrected chi connectivity index (χ4v) is 1.13. The molecule has 1 aromatic rings. The van der Waals surface area contributed by atoms with Gasteiger partial charge >= 0.3 is 5.97 Å². The normalized spacial score (nSPS) is 9.83. The second-order valence-electron chi connectivity index (χ2n) is 2.13. The summed E-state index contributed by atoms with van der Waals surface area (Å²) in [5, 5.41) is 6.54. The van der Waals surface area contributed by atoms with Gasteiger partial charge in [-0.25, -0.2) is 4.79 Å². The van der Waals surface area contributed by atoms with E-state index in [9.17, 15) is 4.79 Å². The molecule has 0 fully saturated rings. The van der Waals surface area contributed by atoms with Gasteiger partial charge in [-0.3, -0.25) is 5.10 Å². The Morgan fingerprint density at radius 3 is 3.08 bits per heavy atom. The van der Waals surface area contributed by atoms with Crippen LogP contribution in [0.3, 0.4) is 0 Å². The third-order valence-electron chi connectivity index (χ3n) is 1.26. The highest BCUT2D eigenvalue weighted by Gasteiger charge is 2.09. The summed E-state index contributed by atoms with van der Waals surface area (Å²) in [6.45, 7) is 2.15. The summed E-state index contributed by atoms with van der Waals surface area (Å²) in [7, 11) is 0. The number of esters is 1. The number of ether oxygens (including phenoxy) is 1. The molecule has 0 aliphatic rings. The molecule has 0 bridgehead atoms. The van der Waals surface area contributed by atoms with Gasteiger partial charge in [0.2, 0.25) is 0 Å². The SMILES string of the molecule is CCOC(=O)c1cc(CI)[nH]n1. The lowest BCUT2D eigenvalue weighted by molar-refractivity contribution is 0.0519. The molecule has 1 rings (SSSR count). The van der Waals surface area contributed by atoms with Crippen molar-refractivity contribution in [3.05, 3.63) is 17.5 Å². The standard InChI is InChI=1S/C7H9IN2O2/c1-2-12-7(11)6-3-5(4-8)9-10-6/h3H,2,4H2,1H3,(H,9,10). The van der Waals surface area contributed by atoms with E-state index < -0.39 is 0 Å². The molecule has 0 amide bonds. The van der Waals surface area contributed by atoms with E-state index in [4.69, 9.17) is 4.74 Å². The first kappa shape index (κ1) is 9.50. The van der Waals surface area contributed by atoms with Crippen molar-refractivity contribution in [3.63, 3.8) is 0 Å². The van der Waals surface area contributed by atoms with Crippen LogP contribution >= 0.6 is 22.6 Å². The van der Waals surface area contributed by atoms with Crippen molar-refractivity contribution in [1.29, 1.82) is 0 Å². The second-order valence-corrected chi connectivity index (χ2v) is 2.90. The van der Waals surface area contributed by atoms with E-state index in [1.165, 1.54) is 0 Å². The van der Waals surface area contributed by atoms with Crippen molar-refractivity contribution in [2.24, 2.45) is 0 Å². The Morgan fingerprint density at radius 1 is 1.83 bits per heavy atom. The molecular formula is C7H9IN2O2. The predicted molar refractivity (Wildman–Crippen MR) is 52.3 cm³/mol. The van der Waals surface area contributed by atoms with Crippen LogP contribution in [-0.2, 0) is 9.16 Å². The first-order valence-electron chi connectivity index (χ1n) is 3.55. The molecule has 5 heteroatoms. The topological polar surface area (TPSA) is 55.0 Å². The number of alkyl halides is 1. The molecule has 0 saturated heterocycles. The number of carbonyl (C=O) groups excluding carboxylic acids is 1. The molecule has 66 valence electrons. The summed E-state index contributed by atoms with van der Waals surface area (Å²) < 4.78 is 5.57. The molecule has 1 N–H and O–H groups in total. The highest BCUT2D eigenvalue weighted by molar-refractivity contribution is 14.1. The van der Waals surface area contributed by atoms with Crippen LogP contribution in [0.15, 0.2) is 6.07 Å². The Morgan fingerprint density at radius 2 is 2.58 bits per heavy atom. The number of aromatic nitrogens is 2. The van der Waals surface area contributed by atoms with Crippen LogP contribution < -0.4 is 0 Å². The summed E-state index contributed by atoms with van der Waals surface area (Å²) in [6, 6.07) is 1.70. The fourth-order valence-electron chi connectivity index (χ4n) is 0.740. The number of carbonyl (C=O) groups is 1. The molecular weight excluding hydrogens is 271 g/mol. The van der Waals surface area contributed by atoms with Crippen LogP contribution in [0.2, 0.25) is 0 Å². The van der Waals surface area contributed by atoms with Crippen molar-refractivity contribution >= 4 is 28.6 Å². The number of hydrogen-bond donors (Lipinski definition) is 1. The van der Waals surface area contributed by atoms with Gasteiger partial charge in [0.25, 0.3) is 0 Å². The number of aromatic amines is 1. The van der Waals surface area contributed by atoms with Gasteiger partial charge < -0.3 is 4.74 Å². The zero-order valence-corrected chi connectivity index (χ0v) is 8.79. The maximum absolute atomic E-state index is 11.1. The first-order valence-corrected chi connectivity index (χ1v) is 5.07. The van der Waals surface area contributed by atoms with Crippen LogP contribution in [-0.4, -0.2) is 22.8 Å². The Balaban J connectivity index is 2.68. The minimum Gasteiger partial charge on any atom is -0.461 e. The van der Waals surface area contributed by atoms with Gasteiger partial charge in [-0.2, -0.15) is 5.10 Å². The van der Waals surface area contributed by atoms with E-state index in [0.29, 0.717) is 12.3 Å². The van der Waals surface area contributed by atoms with Crippen LogP contribution in [0.5, 0.6) is 0 Å². The van der Waals surface area contributed by atoms with E-state index in [1.807, 2.05) is 0 Å². The highest BCUT2D eigenvalue weighted by Crippen LogP contribution is 2.05. The summed E-state index contributed by atoms with van der Waals surface area (Å²) in [5.41, 5.74) is 1.28. The Bertz CT molecular complexity index is 272. The molecule has 1 heterocycles. The van der Waals surface area contributed by atoms with Crippen molar-refractivity contribution < 1.29 is 9.53 Å². The van der Waals surface area contributed by atoms with Gasteiger partial charge in [-0.15, -0.1) is 0 Å². The maximum Gasteiger partial charge on any atom is 0.358 e. The number of nitrogens with zero attached hydrogens (tertiary/aromatic N) is 1. The number of halogens is 1. The lowest BCUT2D eigenvalue weighted by Crippen LogP contribution is -2.04.